The van der Waals surface area contributed by atoms with Gasteiger partial charge in [-0.2, -0.15) is 0 Å². The number of ether oxygens (including phenoxy) is 2. The number of likely N-dealkylation sites (tertiary alicyclic amines) is 1. The van der Waals surface area contributed by atoms with Crippen LogP contribution < -0.4 is 14.8 Å². The highest BCUT2D eigenvalue weighted by molar-refractivity contribution is 6.32. The minimum atomic E-state index is -0.0625. The van der Waals surface area contributed by atoms with Gasteiger partial charge in [0.25, 0.3) is 5.91 Å². The number of carbonyl (C=O) groups is 1. The van der Waals surface area contributed by atoms with Gasteiger partial charge < -0.3 is 14.8 Å². The molecule has 0 aromatic heterocycles. The van der Waals surface area contributed by atoms with Gasteiger partial charge in [0.1, 0.15) is 17.6 Å². The highest BCUT2D eigenvalue weighted by atomic mass is 35.5. The number of hydrogen-bond acceptors (Lipinski definition) is 4. The van der Waals surface area contributed by atoms with E-state index in [1.165, 1.54) is 11.1 Å². The van der Waals surface area contributed by atoms with Crippen LogP contribution in [0.15, 0.2) is 72.8 Å². The average Bonchev–Trinajstić information content (AvgIpc) is 3.03. The van der Waals surface area contributed by atoms with E-state index >= 15 is 0 Å². The minimum absolute atomic E-state index is 0.0625. The van der Waals surface area contributed by atoms with Crippen molar-refractivity contribution in [3.8, 4) is 11.5 Å². The van der Waals surface area contributed by atoms with Gasteiger partial charge in [0.15, 0.2) is 0 Å². The Kier molecular flexibility index (Phi) is 14.9. The van der Waals surface area contributed by atoms with Crippen LogP contribution in [-0.2, 0) is 13.0 Å². The van der Waals surface area contributed by atoms with Gasteiger partial charge in [-0.05, 0) is 85.9 Å². The minimum Gasteiger partial charge on any atom is -0.497 e. The largest absolute Gasteiger partial charge is 0.497 e. The highest BCUT2D eigenvalue weighted by Crippen LogP contribution is 2.29. The lowest BCUT2D eigenvalue weighted by atomic mass is 10.00. The predicted octanol–water partition coefficient (Wildman–Crippen LogP) is 8.98. The first-order valence-electron chi connectivity index (χ1n) is 16.0. The molecule has 1 aliphatic rings. The molecule has 1 atom stereocenters. The third-order valence-corrected chi connectivity index (χ3v) is 8.20. The first-order chi connectivity index (χ1) is 20.8. The summed E-state index contributed by atoms with van der Waals surface area (Å²) in [6, 6.07) is 24.3. The van der Waals surface area contributed by atoms with Gasteiger partial charge in [0.2, 0.25) is 0 Å². The van der Waals surface area contributed by atoms with Gasteiger partial charge in [0, 0.05) is 31.2 Å². The molecule has 1 fully saturated rings. The van der Waals surface area contributed by atoms with Crippen molar-refractivity contribution < 1.29 is 14.3 Å². The topological polar surface area (TPSA) is 50.8 Å². The quantitative estimate of drug-likeness (QED) is 0.211. The summed E-state index contributed by atoms with van der Waals surface area (Å²) in [6.07, 6.45) is 7.32. The molecule has 0 saturated carbocycles. The first kappa shape index (κ1) is 34.5. The number of methoxy groups -OCH3 is 1. The van der Waals surface area contributed by atoms with Gasteiger partial charge in [-0.25, -0.2) is 0 Å². The summed E-state index contributed by atoms with van der Waals surface area (Å²) >= 11 is 6.53. The van der Waals surface area contributed by atoms with Crippen LogP contribution in [0.3, 0.4) is 0 Å². The fraction of sp³-hybridized carbons (Fsp3) is 0.486. The number of halogens is 1. The third kappa shape index (κ3) is 12.2. The molecule has 4 rings (SSSR count). The Morgan fingerprint density at radius 3 is 2.19 bits per heavy atom. The van der Waals surface area contributed by atoms with Crippen LogP contribution in [0.25, 0.3) is 0 Å². The summed E-state index contributed by atoms with van der Waals surface area (Å²) < 4.78 is 11.5. The Bertz CT molecular complexity index is 1210. The lowest BCUT2D eigenvalue weighted by Gasteiger charge is -2.32. The normalized spacial score (nSPS) is 14.5. The number of nitrogens with zero attached hydrogens (tertiary/aromatic N) is 1. The molecular formula is C37H51ClN2O3. The molecule has 0 spiro atoms. The molecule has 234 valence electrons. The van der Waals surface area contributed by atoms with Gasteiger partial charge in [-0.15, -0.1) is 0 Å². The average molecular weight is 607 g/mol. The Labute approximate surface area is 264 Å². The van der Waals surface area contributed by atoms with E-state index in [1.54, 1.807) is 13.2 Å². The Balaban J connectivity index is 0.000000546. The van der Waals surface area contributed by atoms with E-state index < -0.39 is 0 Å². The van der Waals surface area contributed by atoms with Crippen molar-refractivity contribution >= 4 is 17.5 Å². The van der Waals surface area contributed by atoms with Crippen molar-refractivity contribution in [3.63, 3.8) is 0 Å². The summed E-state index contributed by atoms with van der Waals surface area (Å²) in [5.74, 6) is 2.11. The van der Waals surface area contributed by atoms with Crippen molar-refractivity contribution in [2.24, 2.45) is 5.92 Å². The van der Waals surface area contributed by atoms with Gasteiger partial charge in [-0.1, -0.05) is 88.2 Å². The molecule has 6 heteroatoms. The second-order valence-corrected chi connectivity index (χ2v) is 12.3. The second kappa shape index (κ2) is 18.6. The number of piperidine rings is 1. The maximum atomic E-state index is 12.8. The molecule has 1 aliphatic heterocycles. The zero-order chi connectivity index (χ0) is 31.0. The fourth-order valence-electron chi connectivity index (χ4n) is 5.25. The molecule has 0 radical (unpaired) electrons. The molecule has 43 heavy (non-hydrogen) atoms. The SMILES string of the molecule is CCCC(CCC(C)C)NC(=O)c1ccc(OC2CCN(Cc3ccc(OC)cc3)CC2)c(Cl)c1.CCc1ccccc1. The number of nitrogens with one attached hydrogen (secondary N) is 1. The summed E-state index contributed by atoms with van der Waals surface area (Å²) in [6.45, 7) is 11.6. The first-order valence-corrected chi connectivity index (χ1v) is 16.3. The summed E-state index contributed by atoms with van der Waals surface area (Å²) in [5, 5.41) is 3.69. The van der Waals surface area contributed by atoms with Gasteiger partial charge in [0.05, 0.1) is 12.1 Å². The van der Waals surface area contributed by atoms with Crippen LogP contribution in [0.2, 0.25) is 5.02 Å². The van der Waals surface area contributed by atoms with Crippen LogP contribution in [0.1, 0.15) is 87.7 Å². The van der Waals surface area contributed by atoms with E-state index in [-0.39, 0.29) is 18.1 Å². The Morgan fingerprint density at radius 1 is 0.930 bits per heavy atom. The summed E-state index contributed by atoms with van der Waals surface area (Å²) in [5.41, 5.74) is 3.28. The monoisotopic (exact) mass is 606 g/mol. The van der Waals surface area contributed by atoms with E-state index in [0.717, 1.165) is 70.3 Å². The van der Waals surface area contributed by atoms with Crippen LogP contribution >= 0.6 is 11.6 Å². The van der Waals surface area contributed by atoms with Crippen LogP contribution in [-0.4, -0.2) is 43.2 Å². The van der Waals surface area contributed by atoms with E-state index in [1.807, 2.05) is 30.3 Å². The molecule has 0 aliphatic carbocycles. The summed E-state index contributed by atoms with van der Waals surface area (Å²) in [7, 11) is 1.69. The third-order valence-electron chi connectivity index (χ3n) is 7.90. The molecule has 3 aromatic carbocycles. The standard InChI is InChI=1S/C29H41ClN2O3.C8H10/c1-5-6-24(11-7-21(2)3)31-29(33)23-10-14-28(27(30)19-23)35-26-15-17-32(18-16-26)20-22-8-12-25(34-4)13-9-22;1-2-8-6-4-3-5-7-8/h8-10,12-14,19,21,24,26H,5-7,11,15-18,20H2,1-4H3,(H,31,33);3-7H,2H2,1H3. The zero-order valence-electron chi connectivity index (χ0n) is 26.8. The van der Waals surface area contributed by atoms with Crippen LogP contribution in [0.5, 0.6) is 11.5 Å². The molecule has 0 bridgehead atoms. The van der Waals surface area contributed by atoms with E-state index in [4.69, 9.17) is 21.1 Å². The Morgan fingerprint density at radius 2 is 1.63 bits per heavy atom. The fourth-order valence-corrected chi connectivity index (χ4v) is 5.47. The summed E-state index contributed by atoms with van der Waals surface area (Å²) in [4.78, 5) is 15.3. The molecule has 1 N–H and O–H groups in total. The molecule has 1 unspecified atom stereocenters. The number of benzene rings is 3. The number of carbonyl (C=O) groups excluding carboxylic acids is 1. The van der Waals surface area contributed by atoms with Crippen molar-refractivity contribution in [1.82, 2.24) is 10.2 Å². The van der Waals surface area contributed by atoms with Crippen LogP contribution in [0, 0.1) is 5.92 Å². The zero-order valence-corrected chi connectivity index (χ0v) is 27.5. The van der Waals surface area contributed by atoms with Crippen molar-refractivity contribution in [2.75, 3.05) is 20.2 Å². The second-order valence-electron chi connectivity index (χ2n) is 11.9. The molecule has 3 aromatic rings. The molecule has 5 nitrogen and oxygen atoms in total. The van der Waals surface area contributed by atoms with Crippen molar-refractivity contribution in [1.29, 1.82) is 0 Å². The molecule has 1 heterocycles. The van der Waals surface area contributed by atoms with E-state index in [0.29, 0.717) is 22.3 Å². The van der Waals surface area contributed by atoms with Crippen molar-refractivity contribution in [3.05, 3.63) is 94.5 Å². The highest BCUT2D eigenvalue weighted by Gasteiger charge is 2.22. The lowest BCUT2D eigenvalue weighted by Crippen LogP contribution is -2.37. The van der Waals surface area contributed by atoms with Crippen LogP contribution in [0.4, 0.5) is 0 Å². The van der Waals surface area contributed by atoms with Gasteiger partial charge in [-0.3, -0.25) is 9.69 Å². The predicted molar refractivity (Wildman–Crippen MR) is 179 cm³/mol. The maximum Gasteiger partial charge on any atom is 0.251 e. The molecular weight excluding hydrogens is 556 g/mol. The number of aryl methyl sites for hydroxylation is 1. The number of amides is 1. The lowest BCUT2D eigenvalue weighted by molar-refractivity contribution is 0.0930. The number of rotatable bonds is 13. The Hall–Kier alpha value is -3.02. The smallest absolute Gasteiger partial charge is 0.251 e. The number of hydrogen-bond donors (Lipinski definition) is 1. The van der Waals surface area contributed by atoms with E-state index in [2.05, 4.69) is 74.3 Å². The molecule has 1 saturated heterocycles. The maximum absolute atomic E-state index is 12.8. The van der Waals surface area contributed by atoms with E-state index in [9.17, 15) is 4.79 Å². The van der Waals surface area contributed by atoms with Crippen molar-refractivity contribution in [2.45, 2.75) is 91.3 Å². The van der Waals surface area contributed by atoms with Gasteiger partial charge >= 0.3 is 0 Å². The molecule has 1 amide bonds.